The molecule has 0 aliphatic carbocycles. The van der Waals surface area contributed by atoms with Crippen molar-refractivity contribution in [3.8, 4) is 11.5 Å². The van der Waals surface area contributed by atoms with Gasteiger partial charge in [-0.2, -0.15) is 0 Å². The van der Waals surface area contributed by atoms with E-state index in [9.17, 15) is 9.59 Å². The maximum absolute atomic E-state index is 12.4. The van der Waals surface area contributed by atoms with Crippen LogP contribution in [-0.2, 0) is 16.2 Å². The number of hydrogen-bond acceptors (Lipinski definition) is 4. The summed E-state index contributed by atoms with van der Waals surface area (Å²) >= 11 is 6.22. The molecule has 0 saturated carbocycles. The van der Waals surface area contributed by atoms with E-state index in [1.165, 1.54) is 0 Å². The Bertz CT molecular complexity index is 1090. The Kier molecular flexibility index (Phi) is 6.92. The summed E-state index contributed by atoms with van der Waals surface area (Å²) in [7, 11) is 0. The molecule has 1 fully saturated rings. The van der Waals surface area contributed by atoms with Crippen LogP contribution in [0.3, 0.4) is 0 Å². The summed E-state index contributed by atoms with van der Waals surface area (Å²) in [5.41, 5.74) is 2.25. The van der Waals surface area contributed by atoms with Crippen LogP contribution in [0.4, 0.5) is 11.4 Å². The molecule has 1 aliphatic heterocycles. The molecule has 0 atom stereocenters. The number of ether oxygens (including phenoxy) is 2. The van der Waals surface area contributed by atoms with Gasteiger partial charge in [-0.1, -0.05) is 41.9 Å². The van der Waals surface area contributed by atoms with Crippen molar-refractivity contribution in [2.24, 2.45) is 0 Å². The van der Waals surface area contributed by atoms with Gasteiger partial charge in [0, 0.05) is 18.7 Å². The van der Waals surface area contributed by atoms with Crippen molar-refractivity contribution in [1.82, 2.24) is 0 Å². The molecule has 164 valence electrons. The normalized spacial score (nSPS) is 13.2. The lowest BCUT2D eigenvalue weighted by Crippen LogP contribution is -2.24. The third-order valence-electron chi connectivity index (χ3n) is 5.05. The topological polar surface area (TPSA) is 67.9 Å². The number of hydrogen-bond donors (Lipinski definition) is 1. The number of rotatable bonds is 8. The zero-order valence-corrected chi connectivity index (χ0v) is 18.2. The predicted octanol–water partition coefficient (Wildman–Crippen LogP) is 5.06. The molecule has 32 heavy (non-hydrogen) atoms. The van der Waals surface area contributed by atoms with E-state index in [-0.39, 0.29) is 18.4 Å². The van der Waals surface area contributed by atoms with E-state index in [0.29, 0.717) is 41.8 Å². The summed E-state index contributed by atoms with van der Waals surface area (Å²) in [6.07, 6.45) is 1.36. The van der Waals surface area contributed by atoms with Gasteiger partial charge in [0.15, 0.2) is 6.61 Å². The molecule has 1 N–H and O–H groups in total. The van der Waals surface area contributed by atoms with E-state index in [1.54, 1.807) is 47.4 Å². The minimum Gasteiger partial charge on any atom is -0.489 e. The Balaban J connectivity index is 1.29. The SMILES string of the molecule is O=C(COc1ccc(OCc2ccccc2)cc1)Nc1cc(N2CCCC2=O)ccc1Cl. The van der Waals surface area contributed by atoms with Gasteiger partial charge in [0.2, 0.25) is 5.91 Å². The first-order chi connectivity index (χ1) is 15.6. The van der Waals surface area contributed by atoms with Gasteiger partial charge in [-0.15, -0.1) is 0 Å². The Hall–Kier alpha value is -3.51. The minimum atomic E-state index is -0.346. The molecule has 0 radical (unpaired) electrons. The first kappa shape index (κ1) is 21.7. The van der Waals surface area contributed by atoms with Crippen molar-refractivity contribution in [2.75, 3.05) is 23.4 Å². The molecule has 3 aromatic rings. The number of carbonyl (C=O) groups excluding carboxylic acids is 2. The highest BCUT2D eigenvalue weighted by molar-refractivity contribution is 6.33. The highest BCUT2D eigenvalue weighted by Crippen LogP contribution is 2.30. The lowest BCUT2D eigenvalue weighted by atomic mass is 10.2. The number of halogens is 1. The van der Waals surface area contributed by atoms with E-state index in [4.69, 9.17) is 21.1 Å². The fourth-order valence-corrected chi connectivity index (χ4v) is 3.57. The zero-order chi connectivity index (χ0) is 22.3. The smallest absolute Gasteiger partial charge is 0.262 e. The Morgan fingerprint density at radius 1 is 0.969 bits per heavy atom. The third-order valence-corrected chi connectivity index (χ3v) is 5.38. The van der Waals surface area contributed by atoms with E-state index in [2.05, 4.69) is 5.32 Å². The molecule has 0 bridgehead atoms. The van der Waals surface area contributed by atoms with Crippen LogP contribution in [0.5, 0.6) is 11.5 Å². The van der Waals surface area contributed by atoms with Crippen molar-refractivity contribution >= 4 is 34.8 Å². The van der Waals surface area contributed by atoms with Gasteiger partial charge in [0.25, 0.3) is 5.91 Å². The fraction of sp³-hybridized carbons (Fsp3) is 0.200. The average Bonchev–Trinajstić information content (AvgIpc) is 3.25. The average molecular weight is 451 g/mol. The van der Waals surface area contributed by atoms with Crippen molar-refractivity contribution in [3.05, 3.63) is 83.4 Å². The maximum atomic E-state index is 12.4. The van der Waals surface area contributed by atoms with Gasteiger partial charge >= 0.3 is 0 Å². The number of carbonyl (C=O) groups is 2. The standard InChI is InChI=1S/C25H23ClN2O4/c26-22-13-8-19(28-14-4-7-25(28)30)15-23(22)27-24(29)17-32-21-11-9-20(10-12-21)31-16-18-5-2-1-3-6-18/h1-3,5-6,8-13,15H,4,7,14,16-17H2,(H,27,29). The second-order valence-corrected chi connectivity index (χ2v) is 7.80. The van der Waals surface area contributed by atoms with Crippen molar-refractivity contribution in [1.29, 1.82) is 0 Å². The molecule has 6 nitrogen and oxygen atoms in total. The van der Waals surface area contributed by atoms with E-state index < -0.39 is 0 Å². The molecule has 1 heterocycles. The fourth-order valence-electron chi connectivity index (χ4n) is 3.41. The molecular weight excluding hydrogens is 428 g/mol. The van der Waals surface area contributed by atoms with Crippen LogP contribution in [0, 0.1) is 0 Å². The summed E-state index contributed by atoms with van der Waals surface area (Å²) < 4.78 is 11.3. The first-order valence-electron chi connectivity index (χ1n) is 10.4. The number of nitrogens with one attached hydrogen (secondary N) is 1. The second kappa shape index (κ2) is 10.2. The molecule has 1 aliphatic rings. The summed E-state index contributed by atoms with van der Waals surface area (Å²) in [6, 6.07) is 22.2. The molecular formula is C25H23ClN2O4. The van der Waals surface area contributed by atoms with Crippen LogP contribution in [0.15, 0.2) is 72.8 Å². The lowest BCUT2D eigenvalue weighted by molar-refractivity contribution is -0.118. The minimum absolute atomic E-state index is 0.0733. The first-order valence-corrected chi connectivity index (χ1v) is 10.8. The van der Waals surface area contributed by atoms with E-state index in [0.717, 1.165) is 17.7 Å². The summed E-state index contributed by atoms with van der Waals surface area (Å²) in [5.74, 6) is 0.991. The van der Waals surface area contributed by atoms with Crippen LogP contribution < -0.4 is 19.7 Å². The van der Waals surface area contributed by atoms with Crippen LogP contribution in [0.2, 0.25) is 5.02 Å². The van der Waals surface area contributed by atoms with Gasteiger partial charge in [0.1, 0.15) is 18.1 Å². The Morgan fingerprint density at radius 2 is 1.69 bits per heavy atom. The third kappa shape index (κ3) is 5.59. The number of benzene rings is 3. The summed E-state index contributed by atoms with van der Waals surface area (Å²) in [4.78, 5) is 26.0. The maximum Gasteiger partial charge on any atom is 0.262 e. The molecule has 4 rings (SSSR count). The Labute approximate surface area is 191 Å². The molecule has 0 aromatic heterocycles. The Morgan fingerprint density at radius 3 is 2.38 bits per heavy atom. The van der Waals surface area contributed by atoms with Gasteiger partial charge < -0.3 is 19.7 Å². The molecule has 0 spiro atoms. The quantitative estimate of drug-likeness (QED) is 0.520. The van der Waals surface area contributed by atoms with Crippen molar-refractivity contribution < 1.29 is 19.1 Å². The molecule has 7 heteroatoms. The van der Waals surface area contributed by atoms with Crippen molar-refractivity contribution in [2.45, 2.75) is 19.4 Å². The molecule has 0 unspecified atom stereocenters. The number of anilines is 2. The lowest BCUT2D eigenvalue weighted by Gasteiger charge is -2.17. The largest absolute Gasteiger partial charge is 0.489 e. The van der Waals surface area contributed by atoms with Crippen LogP contribution >= 0.6 is 11.6 Å². The summed E-state index contributed by atoms with van der Waals surface area (Å²) in [5, 5.41) is 3.15. The molecule has 2 amide bonds. The van der Waals surface area contributed by atoms with Gasteiger partial charge in [-0.3, -0.25) is 9.59 Å². The number of nitrogens with zero attached hydrogens (tertiary/aromatic N) is 1. The van der Waals surface area contributed by atoms with Crippen LogP contribution in [0.1, 0.15) is 18.4 Å². The monoisotopic (exact) mass is 450 g/mol. The van der Waals surface area contributed by atoms with Gasteiger partial charge in [0.05, 0.1) is 10.7 Å². The highest BCUT2D eigenvalue weighted by atomic mass is 35.5. The highest BCUT2D eigenvalue weighted by Gasteiger charge is 2.22. The second-order valence-electron chi connectivity index (χ2n) is 7.40. The van der Waals surface area contributed by atoms with Crippen LogP contribution in [0.25, 0.3) is 0 Å². The molecule has 3 aromatic carbocycles. The van der Waals surface area contributed by atoms with E-state index in [1.807, 2.05) is 30.3 Å². The van der Waals surface area contributed by atoms with E-state index >= 15 is 0 Å². The van der Waals surface area contributed by atoms with Gasteiger partial charge in [-0.05, 0) is 54.4 Å². The van der Waals surface area contributed by atoms with Crippen LogP contribution in [-0.4, -0.2) is 25.0 Å². The van der Waals surface area contributed by atoms with Crippen molar-refractivity contribution in [3.63, 3.8) is 0 Å². The number of amides is 2. The summed E-state index contributed by atoms with van der Waals surface area (Å²) in [6.45, 7) is 0.974. The predicted molar refractivity (Wildman–Crippen MR) is 124 cm³/mol. The zero-order valence-electron chi connectivity index (χ0n) is 17.4. The molecule has 1 saturated heterocycles. The van der Waals surface area contributed by atoms with Gasteiger partial charge in [-0.25, -0.2) is 0 Å².